The number of carbonyl (C=O) groups excluding carboxylic acids is 2. The molecule has 1 fully saturated rings. The number of rotatable bonds is 8. The topological polar surface area (TPSA) is 71.1 Å². The molecule has 166 valence electrons. The Morgan fingerprint density at radius 3 is 2.12 bits per heavy atom. The second-order valence-corrected chi connectivity index (χ2v) is 9.36. The molecule has 2 amide bonds. The second-order valence-electron chi connectivity index (χ2n) is 8.38. The summed E-state index contributed by atoms with van der Waals surface area (Å²) in [7, 11) is 0. The minimum Gasteiger partial charge on any atom is -0.348 e. The molecule has 0 bridgehead atoms. The zero-order chi connectivity index (χ0) is 22.2. The van der Waals surface area contributed by atoms with E-state index in [0.29, 0.717) is 25.8 Å². The minimum absolute atomic E-state index is 0.0589. The van der Waals surface area contributed by atoms with Gasteiger partial charge in [0, 0.05) is 23.9 Å². The van der Waals surface area contributed by atoms with Gasteiger partial charge in [0.25, 0.3) is 0 Å². The monoisotopic (exact) mass is 447 g/mol. The Morgan fingerprint density at radius 2 is 1.56 bits per heavy atom. The van der Waals surface area contributed by atoms with E-state index in [-0.39, 0.29) is 17.7 Å². The lowest BCUT2D eigenvalue weighted by Crippen LogP contribution is -2.59. The number of thiazole rings is 1. The molecule has 4 rings (SSSR count). The predicted molar refractivity (Wildman–Crippen MR) is 127 cm³/mol. The summed E-state index contributed by atoms with van der Waals surface area (Å²) >= 11 is 1.51. The van der Waals surface area contributed by atoms with Crippen molar-refractivity contribution >= 4 is 23.2 Å². The van der Waals surface area contributed by atoms with Crippen LogP contribution in [0.15, 0.2) is 72.2 Å². The van der Waals surface area contributed by atoms with Crippen molar-refractivity contribution < 1.29 is 9.59 Å². The van der Waals surface area contributed by atoms with E-state index in [2.05, 4.69) is 39.9 Å². The maximum atomic E-state index is 13.3. The van der Waals surface area contributed by atoms with Crippen LogP contribution in [0, 0.1) is 0 Å². The molecule has 0 saturated heterocycles. The molecule has 2 N–H and O–H groups in total. The number of hydrogen-bond acceptors (Lipinski definition) is 4. The van der Waals surface area contributed by atoms with Gasteiger partial charge in [0.2, 0.25) is 11.8 Å². The lowest BCUT2D eigenvalue weighted by atomic mass is 9.80. The Morgan fingerprint density at radius 1 is 0.938 bits per heavy atom. The van der Waals surface area contributed by atoms with Crippen molar-refractivity contribution in [1.82, 2.24) is 15.6 Å². The summed E-state index contributed by atoms with van der Waals surface area (Å²) in [5.41, 5.74) is 1.35. The molecular weight excluding hydrogens is 418 g/mol. The molecule has 0 radical (unpaired) electrons. The predicted octanol–water partition coefficient (Wildman–Crippen LogP) is 4.80. The van der Waals surface area contributed by atoms with E-state index >= 15 is 0 Å². The highest BCUT2D eigenvalue weighted by atomic mass is 32.1. The fraction of sp³-hybridized carbons (Fsp3) is 0.346. The van der Waals surface area contributed by atoms with Gasteiger partial charge < -0.3 is 10.6 Å². The summed E-state index contributed by atoms with van der Waals surface area (Å²) in [6, 6.07) is 20.2. The maximum absolute atomic E-state index is 13.3. The van der Waals surface area contributed by atoms with Gasteiger partial charge in [-0.15, -0.1) is 11.3 Å². The summed E-state index contributed by atoms with van der Waals surface area (Å²) in [6.07, 6.45) is 6.34. The summed E-state index contributed by atoms with van der Waals surface area (Å²) in [5.74, 6) is -0.248. The molecule has 1 saturated carbocycles. The Labute approximate surface area is 193 Å². The summed E-state index contributed by atoms with van der Waals surface area (Å²) in [4.78, 5) is 30.8. The maximum Gasteiger partial charge on any atom is 0.246 e. The summed E-state index contributed by atoms with van der Waals surface area (Å²) in [6.45, 7) is 0.394. The van der Waals surface area contributed by atoms with Crippen molar-refractivity contribution in [1.29, 1.82) is 0 Å². The lowest BCUT2D eigenvalue weighted by Gasteiger charge is -2.37. The van der Waals surface area contributed by atoms with Crippen LogP contribution in [0.1, 0.15) is 60.6 Å². The van der Waals surface area contributed by atoms with Crippen LogP contribution in [0.2, 0.25) is 0 Å². The van der Waals surface area contributed by atoms with Crippen LogP contribution in [0.4, 0.5) is 0 Å². The highest BCUT2D eigenvalue weighted by Gasteiger charge is 2.41. The molecule has 0 atom stereocenters. The fourth-order valence-corrected chi connectivity index (χ4v) is 5.09. The van der Waals surface area contributed by atoms with Gasteiger partial charge >= 0.3 is 0 Å². The minimum atomic E-state index is -0.843. The standard InChI is InChI=1S/C26H29N3O2S/c30-23(18-22(20-10-4-1-5-11-20)21-12-6-2-7-13-21)29-26(14-8-3-9-15-26)25(31)28-19-24-27-16-17-32-24/h1-2,4-7,10-13,16-17,22H,3,8-9,14-15,18-19H2,(H,28,31)(H,29,30). The largest absolute Gasteiger partial charge is 0.348 e. The molecule has 1 aromatic heterocycles. The number of benzene rings is 2. The van der Waals surface area contributed by atoms with E-state index in [4.69, 9.17) is 0 Å². The molecule has 0 spiro atoms. The Kier molecular flexibility index (Phi) is 7.32. The molecule has 6 heteroatoms. The van der Waals surface area contributed by atoms with E-state index in [1.807, 2.05) is 41.8 Å². The number of carbonyl (C=O) groups is 2. The van der Waals surface area contributed by atoms with Crippen molar-refractivity contribution in [3.8, 4) is 0 Å². The SMILES string of the molecule is O=C(CC(c1ccccc1)c1ccccc1)NC1(C(=O)NCc2nccs2)CCCCC1. The van der Waals surface area contributed by atoms with Crippen LogP contribution in [-0.2, 0) is 16.1 Å². The van der Waals surface area contributed by atoms with Crippen LogP contribution >= 0.6 is 11.3 Å². The number of aromatic nitrogens is 1. The average Bonchev–Trinajstić information content (AvgIpc) is 3.36. The van der Waals surface area contributed by atoms with Crippen LogP contribution in [0.25, 0.3) is 0 Å². The van der Waals surface area contributed by atoms with Gasteiger partial charge in [-0.3, -0.25) is 9.59 Å². The van der Waals surface area contributed by atoms with Gasteiger partial charge in [-0.2, -0.15) is 0 Å². The third-order valence-corrected chi connectivity index (χ3v) is 6.98. The summed E-state index contributed by atoms with van der Waals surface area (Å²) < 4.78 is 0. The van der Waals surface area contributed by atoms with E-state index in [1.165, 1.54) is 11.3 Å². The van der Waals surface area contributed by atoms with E-state index in [1.54, 1.807) is 6.20 Å². The molecule has 3 aromatic rings. The van der Waals surface area contributed by atoms with Crippen molar-refractivity contribution in [2.24, 2.45) is 0 Å². The van der Waals surface area contributed by atoms with Gasteiger partial charge in [0.15, 0.2) is 0 Å². The summed E-state index contributed by atoms with van der Waals surface area (Å²) in [5, 5.41) is 8.94. The first kappa shape index (κ1) is 22.2. The normalized spacial score (nSPS) is 15.3. The zero-order valence-corrected chi connectivity index (χ0v) is 18.9. The van der Waals surface area contributed by atoms with Crippen molar-refractivity contribution in [2.45, 2.75) is 56.5 Å². The van der Waals surface area contributed by atoms with E-state index < -0.39 is 5.54 Å². The Balaban J connectivity index is 1.50. The molecule has 0 aliphatic heterocycles. The first-order valence-corrected chi connectivity index (χ1v) is 12.1. The molecule has 5 nitrogen and oxygen atoms in total. The Bertz CT molecular complexity index is 961. The highest BCUT2D eigenvalue weighted by Crippen LogP contribution is 2.31. The van der Waals surface area contributed by atoms with Crippen LogP contribution in [0.5, 0.6) is 0 Å². The second kappa shape index (κ2) is 10.6. The highest BCUT2D eigenvalue weighted by molar-refractivity contribution is 7.09. The van der Waals surface area contributed by atoms with Crippen LogP contribution in [0.3, 0.4) is 0 Å². The van der Waals surface area contributed by atoms with Crippen molar-refractivity contribution in [3.63, 3.8) is 0 Å². The average molecular weight is 448 g/mol. The molecule has 1 aliphatic carbocycles. The van der Waals surface area contributed by atoms with Crippen LogP contribution < -0.4 is 10.6 Å². The lowest BCUT2D eigenvalue weighted by molar-refractivity contribution is -0.135. The Hall–Kier alpha value is -2.99. The fourth-order valence-electron chi connectivity index (χ4n) is 4.53. The van der Waals surface area contributed by atoms with Gasteiger partial charge in [0.1, 0.15) is 10.5 Å². The van der Waals surface area contributed by atoms with E-state index in [9.17, 15) is 9.59 Å². The third kappa shape index (κ3) is 5.43. The van der Waals surface area contributed by atoms with Gasteiger partial charge in [-0.1, -0.05) is 79.9 Å². The van der Waals surface area contributed by atoms with Gasteiger partial charge in [-0.05, 0) is 24.0 Å². The number of nitrogens with zero attached hydrogens (tertiary/aromatic N) is 1. The molecule has 1 aliphatic rings. The van der Waals surface area contributed by atoms with E-state index in [0.717, 1.165) is 35.4 Å². The number of hydrogen-bond donors (Lipinski definition) is 2. The first-order chi connectivity index (χ1) is 15.7. The van der Waals surface area contributed by atoms with Gasteiger partial charge in [-0.25, -0.2) is 4.98 Å². The molecular formula is C26H29N3O2S. The van der Waals surface area contributed by atoms with Crippen molar-refractivity contribution in [3.05, 3.63) is 88.4 Å². The quantitative estimate of drug-likeness (QED) is 0.521. The molecule has 2 aromatic carbocycles. The smallest absolute Gasteiger partial charge is 0.246 e. The van der Waals surface area contributed by atoms with Gasteiger partial charge in [0.05, 0.1) is 6.54 Å². The zero-order valence-electron chi connectivity index (χ0n) is 18.1. The third-order valence-electron chi connectivity index (χ3n) is 6.20. The molecule has 32 heavy (non-hydrogen) atoms. The van der Waals surface area contributed by atoms with Crippen LogP contribution in [-0.4, -0.2) is 22.3 Å². The van der Waals surface area contributed by atoms with Crippen molar-refractivity contribution in [2.75, 3.05) is 0 Å². The first-order valence-electron chi connectivity index (χ1n) is 11.2. The number of amides is 2. The molecule has 0 unspecified atom stereocenters. The molecule has 1 heterocycles. The number of nitrogens with one attached hydrogen (secondary N) is 2.